The highest BCUT2D eigenvalue weighted by atomic mass is 16.5. The van der Waals surface area contributed by atoms with Crippen LogP contribution < -0.4 is 4.74 Å². The fourth-order valence-electron chi connectivity index (χ4n) is 1.39. The van der Waals surface area contributed by atoms with Crippen molar-refractivity contribution < 1.29 is 19.4 Å². The second-order valence-corrected chi connectivity index (χ2v) is 4.05. The lowest BCUT2D eigenvalue weighted by Crippen LogP contribution is -2.32. The van der Waals surface area contributed by atoms with Crippen LogP contribution in [0.3, 0.4) is 0 Å². The average Bonchev–Trinajstić information content (AvgIpc) is 2.28. The molecule has 0 atom stereocenters. The van der Waals surface area contributed by atoms with E-state index in [2.05, 4.69) is 0 Å². The van der Waals surface area contributed by atoms with Gasteiger partial charge >= 0.3 is 5.97 Å². The first-order valence-corrected chi connectivity index (χ1v) is 5.64. The molecular weight excluding hydrogens is 234 g/mol. The van der Waals surface area contributed by atoms with Gasteiger partial charge in [-0.1, -0.05) is 12.1 Å². The summed E-state index contributed by atoms with van der Waals surface area (Å²) in [5.74, 6) is -0.795. The third kappa shape index (κ3) is 4.86. The Kier molecular flexibility index (Phi) is 5.17. The summed E-state index contributed by atoms with van der Waals surface area (Å²) in [6.07, 6.45) is -0.485. The minimum absolute atomic E-state index is 0.339. The maximum atomic E-state index is 11.3. The number of carbonyl (C=O) groups excluding carboxylic acids is 1. The molecule has 0 bridgehead atoms. The largest absolute Gasteiger partial charge is 0.492 e. The molecule has 1 aromatic carbocycles. The van der Waals surface area contributed by atoms with Crippen molar-refractivity contribution >= 4 is 11.9 Å². The highest BCUT2D eigenvalue weighted by Crippen LogP contribution is 2.12. The van der Waals surface area contributed by atoms with Gasteiger partial charge < -0.3 is 14.7 Å². The van der Waals surface area contributed by atoms with Gasteiger partial charge in [-0.25, -0.2) is 0 Å². The minimum Gasteiger partial charge on any atom is -0.492 e. The fourth-order valence-corrected chi connectivity index (χ4v) is 1.39. The molecule has 18 heavy (non-hydrogen) atoms. The van der Waals surface area contributed by atoms with E-state index in [4.69, 9.17) is 9.84 Å². The van der Waals surface area contributed by atoms with E-state index in [1.165, 1.54) is 4.90 Å². The summed E-state index contributed by atoms with van der Waals surface area (Å²) in [6.45, 7) is 2.67. The van der Waals surface area contributed by atoms with Crippen LogP contribution in [0.15, 0.2) is 24.3 Å². The van der Waals surface area contributed by atoms with Gasteiger partial charge in [0, 0.05) is 7.05 Å². The number of carboxylic acids is 1. The van der Waals surface area contributed by atoms with E-state index >= 15 is 0 Å². The number of rotatable bonds is 6. The van der Waals surface area contributed by atoms with Crippen LogP contribution in [0.5, 0.6) is 5.75 Å². The number of carbonyl (C=O) groups is 2. The molecule has 1 aromatic rings. The van der Waals surface area contributed by atoms with Gasteiger partial charge in [-0.2, -0.15) is 0 Å². The normalized spacial score (nSPS) is 9.89. The lowest BCUT2D eigenvalue weighted by atomic mass is 10.2. The first-order valence-electron chi connectivity index (χ1n) is 5.64. The average molecular weight is 251 g/mol. The number of aliphatic carboxylic acids is 1. The monoisotopic (exact) mass is 251 g/mol. The highest BCUT2D eigenvalue weighted by molar-refractivity contribution is 5.93. The Balaban J connectivity index is 2.33. The second-order valence-electron chi connectivity index (χ2n) is 4.05. The molecule has 1 rings (SSSR count). The number of aryl methyl sites for hydroxylation is 1. The van der Waals surface area contributed by atoms with Gasteiger partial charge in [0.2, 0.25) is 5.91 Å². The summed E-state index contributed by atoms with van der Waals surface area (Å²) in [6, 6.07) is 7.60. The van der Waals surface area contributed by atoms with E-state index in [9.17, 15) is 9.59 Å². The summed E-state index contributed by atoms with van der Waals surface area (Å²) in [5.41, 5.74) is 1.10. The number of ether oxygens (including phenoxy) is 1. The van der Waals surface area contributed by atoms with Gasteiger partial charge in [-0.3, -0.25) is 9.59 Å². The van der Waals surface area contributed by atoms with Crippen molar-refractivity contribution in [3.8, 4) is 5.75 Å². The third-order valence-electron chi connectivity index (χ3n) is 2.41. The van der Waals surface area contributed by atoms with Gasteiger partial charge in [-0.15, -0.1) is 0 Å². The van der Waals surface area contributed by atoms with Crippen LogP contribution in [0.1, 0.15) is 12.0 Å². The smallest absolute Gasteiger partial charge is 0.312 e. The van der Waals surface area contributed by atoms with E-state index in [0.29, 0.717) is 13.2 Å². The highest BCUT2D eigenvalue weighted by Gasteiger charge is 2.12. The molecule has 0 saturated carbocycles. The van der Waals surface area contributed by atoms with Crippen LogP contribution in [0, 0.1) is 6.92 Å². The third-order valence-corrected chi connectivity index (χ3v) is 2.41. The summed E-state index contributed by atoms with van der Waals surface area (Å²) in [5, 5.41) is 8.49. The van der Waals surface area contributed by atoms with Crippen LogP contribution in [-0.4, -0.2) is 42.1 Å². The Labute approximate surface area is 106 Å². The van der Waals surface area contributed by atoms with Crippen molar-refractivity contribution in [2.24, 2.45) is 0 Å². The molecule has 0 saturated heterocycles. The second kappa shape index (κ2) is 6.64. The zero-order valence-electron chi connectivity index (χ0n) is 10.5. The van der Waals surface area contributed by atoms with Crippen molar-refractivity contribution in [3.63, 3.8) is 0 Å². The summed E-state index contributed by atoms with van der Waals surface area (Å²) >= 11 is 0. The van der Waals surface area contributed by atoms with E-state index < -0.39 is 18.3 Å². The minimum atomic E-state index is -1.12. The molecule has 0 aliphatic rings. The number of hydrogen-bond acceptors (Lipinski definition) is 3. The van der Waals surface area contributed by atoms with E-state index in [1.54, 1.807) is 7.05 Å². The molecule has 1 amide bonds. The lowest BCUT2D eigenvalue weighted by molar-refractivity contribution is -0.143. The molecule has 98 valence electrons. The Morgan fingerprint density at radius 3 is 2.72 bits per heavy atom. The van der Waals surface area contributed by atoms with Crippen molar-refractivity contribution in [1.29, 1.82) is 0 Å². The number of amides is 1. The quantitative estimate of drug-likeness (QED) is 0.774. The van der Waals surface area contributed by atoms with Gasteiger partial charge in [0.15, 0.2) is 0 Å². The zero-order chi connectivity index (χ0) is 13.5. The lowest BCUT2D eigenvalue weighted by Gasteiger charge is -2.16. The molecular formula is C13H17NO4. The Hall–Kier alpha value is -2.04. The molecule has 0 heterocycles. The first kappa shape index (κ1) is 14.0. The van der Waals surface area contributed by atoms with Gasteiger partial charge in [-0.05, 0) is 24.6 Å². The molecule has 0 spiro atoms. The maximum Gasteiger partial charge on any atom is 0.312 e. The SMILES string of the molecule is Cc1cccc(OCCN(C)C(=O)CC(=O)O)c1. The molecule has 5 nitrogen and oxygen atoms in total. The van der Waals surface area contributed by atoms with Gasteiger partial charge in [0.25, 0.3) is 0 Å². The molecule has 0 unspecified atom stereocenters. The number of benzene rings is 1. The van der Waals surface area contributed by atoms with E-state index in [1.807, 2.05) is 31.2 Å². The molecule has 0 aliphatic carbocycles. The molecule has 0 radical (unpaired) electrons. The van der Waals surface area contributed by atoms with E-state index in [-0.39, 0.29) is 0 Å². The van der Waals surface area contributed by atoms with Crippen LogP contribution in [-0.2, 0) is 9.59 Å². The molecule has 0 aliphatic heterocycles. The number of likely N-dealkylation sites (N-methyl/N-ethyl adjacent to an activating group) is 1. The maximum absolute atomic E-state index is 11.3. The van der Waals surface area contributed by atoms with Crippen LogP contribution in [0.25, 0.3) is 0 Å². The molecule has 0 aromatic heterocycles. The van der Waals surface area contributed by atoms with Crippen LogP contribution in [0.2, 0.25) is 0 Å². The summed E-state index contributed by atoms with van der Waals surface area (Å²) in [4.78, 5) is 23.1. The molecule has 1 N–H and O–H groups in total. The number of carboxylic acid groups (broad SMARTS) is 1. The van der Waals surface area contributed by atoms with Crippen molar-refractivity contribution in [3.05, 3.63) is 29.8 Å². The van der Waals surface area contributed by atoms with Gasteiger partial charge in [0.05, 0.1) is 6.54 Å². The Morgan fingerprint density at radius 2 is 2.11 bits per heavy atom. The van der Waals surface area contributed by atoms with Crippen molar-refractivity contribution in [2.45, 2.75) is 13.3 Å². The Morgan fingerprint density at radius 1 is 1.39 bits per heavy atom. The van der Waals surface area contributed by atoms with Crippen molar-refractivity contribution in [2.75, 3.05) is 20.2 Å². The zero-order valence-corrected chi connectivity index (χ0v) is 10.5. The van der Waals surface area contributed by atoms with Crippen molar-refractivity contribution in [1.82, 2.24) is 4.90 Å². The fraction of sp³-hybridized carbons (Fsp3) is 0.385. The van der Waals surface area contributed by atoms with Crippen LogP contribution in [0.4, 0.5) is 0 Å². The van der Waals surface area contributed by atoms with Crippen LogP contribution >= 0.6 is 0 Å². The van der Waals surface area contributed by atoms with E-state index in [0.717, 1.165) is 11.3 Å². The predicted molar refractivity (Wildman–Crippen MR) is 66.6 cm³/mol. The summed E-state index contributed by atoms with van der Waals surface area (Å²) < 4.78 is 5.47. The molecule has 5 heteroatoms. The first-order chi connectivity index (χ1) is 8.49. The summed E-state index contributed by atoms with van der Waals surface area (Å²) in [7, 11) is 1.56. The molecule has 0 fully saturated rings. The topological polar surface area (TPSA) is 66.8 Å². The number of hydrogen-bond donors (Lipinski definition) is 1. The Bertz CT molecular complexity index is 431. The standard InChI is InChI=1S/C13H17NO4/c1-10-4-3-5-11(8-10)18-7-6-14(2)12(15)9-13(16)17/h3-5,8H,6-7,9H2,1-2H3,(H,16,17). The predicted octanol–water partition coefficient (Wildman–Crippen LogP) is 1.31. The number of nitrogens with zero attached hydrogens (tertiary/aromatic N) is 1. The van der Waals surface area contributed by atoms with Gasteiger partial charge in [0.1, 0.15) is 18.8 Å².